The van der Waals surface area contributed by atoms with E-state index in [-0.39, 0.29) is 5.60 Å². The molecular weight excluding hydrogens is 242 g/mol. The van der Waals surface area contributed by atoms with Crippen LogP contribution in [0.4, 0.5) is 0 Å². The third-order valence-electron chi connectivity index (χ3n) is 1.94. The maximum atomic E-state index is 6.36. The average molecular weight is 276 g/mol. The molecule has 0 saturated heterocycles. The van der Waals surface area contributed by atoms with Crippen LogP contribution in [0, 0.1) is 0 Å². The first kappa shape index (κ1) is 18.1. The molecule has 110 valence electrons. The highest BCUT2D eigenvalue weighted by atomic mass is 28.4. The Morgan fingerprint density at radius 2 is 1.00 bits per heavy atom. The highest BCUT2D eigenvalue weighted by Gasteiger charge is 2.42. The molecule has 0 unspecified atom stereocenters. The van der Waals surface area contributed by atoms with Crippen LogP contribution in [-0.2, 0) is 4.43 Å². The van der Waals surface area contributed by atoms with Crippen molar-refractivity contribution in [3.05, 3.63) is 0 Å². The van der Waals surface area contributed by atoms with Crippen LogP contribution in [0.2, 0.25) is 0 Å². The van der Waals surface area contributed by atoms with Gasteiger partial charge in [0, 0.05) is 0 Å². The van der Waals surface area contributed by atoms with Crippen LogP contribution in [-0.4, -0.2) is 32.5 Å². The van der Waals surface area contributed by atoms with Crippen LogP contribution in [0.3, 0.4) is 0 Å². The summed E-state index contributed by atoms with van der Waals surface area (Å²) in [4.78, 5) is 10.8. The first-order valence-corrected chi connectivity index (χ1v) is 8.90. The first-order valence-electron chi connectivity index (χ1n) is 6.99. The monoisotopic (exact) mass is 275 g/mol. The molecule has 0 rings (SSSR count). The molecule has 0 heterocycles. The van der Waals surface area contributed by atoms with Gasteiger partial charge in [0.05, 0.1) is 5.60 Å². The summed E-state index contributed by atoms with van der Waals surface area (Å²) in [5.74, 6) is 0. The van der Waals surface area contributed by atoms with Crippen molar-refractivity contribution in [3.63, 3.8) is 0 Å². The van der Waals surface area contributed by atoms with Crippen molar-refractivity contribution in [2.45, 2.75) is 86.0 Å². The molecule has 0 saturated carbocycles. The molecule has 0 aromatic rings. The van der Waals surface area contributed by atoms with Crippen LogP contribution in [0.1, 0.15) is 62.3 Å². The Kier molecular flexibility index (Phi) is 7.03. The second-order valence-corrected chi connectivity index (χ2v) is 9.23. The Hall–Kier alpha value is 0.0569. The fraction of sp³-hybridized carbons (Fsp3) is 1.00. The average Bonchev–Trinajstić information content (AvgIpc) is 1.92. The molecule has 0 aromatic carbocycles. The van der Waals surface area contributed by atoms with E-state index >= 15 is 0 Å². The van der Waals surface area contributed by atoms with E-state index in [2.05, 4.69) is 77.3 Å². The van der Waals surface area contributed by atoms with Gasteiger partial charge in [-0.1, -0.05) is 41.5 Å². The van der Waals surface area contributed by atoms with Gasteiger partial charge in [-0.05, 0) is 38.9 Å². The van der Waals surface area contributed by atoms with Gasteiger partial charge < -0.3 is 4.43 Å². The third-order valence-corrected chi connectivity index (χ3v) is 5.81. The standard InChI is InChI=1S/C13H33N3OSi/c1-10(2)14-18(15-11(3)4,16-12(5)6)17-13(7,8)9/h10-12,14-16H,1-9H3. The minimum atomic E-state index is -2.37. The lowest BCUT2D eigenvalue weighted by Gasteiger charge is -2.41. The molecule has 0 aromatic heterocycles. The van der Waals surface area contributed by atoms with E-state index in [0.717, 1.165) is 0 Å². The zero-order valence-electron chi connectivity index (χ0n) is 13.6. The summed E-state index contributed by atoms with van der Waals surface area (Å²) < 4.78 is 6.36. The highest BCUT2D eigenvalue weighted by Crippen LogP contribution is 2.13. The van der Waals surface area contributed by atoms with Crippen LogP contribution in [0.25, 0.3) is 0 Å². The summed E-state index contributed by atoms with van der Waals surface area (Å²) >= 11 is 0. The zero-order valence-corrected chi connectivity index (χ0v) is 14.6. The molecular formula is C13H33N3OSi. The molecule has 5 heteroatoms. The maximum Gasteiger partial charge on any atom is 0.441 e. The van der Waals surface area contributed by atoms with E-state index < -0.39 is 8.80 Å². The van der Waals surface area contributed by atoms with Gasteiger partial charge in [-0.25, -0.2) is 0 Å². The Labute approximate surface area is 115 Å². The Balaban J connectivity index is 5.10. The molecule has 0 radical (unpaired) electrons. The van der Waals surface area contributed by atoms with E-state index in [1.807, 2.05) is 0 Å². The topological polar surface area (TPSA) is 45.3 Å². The van der Waals surface area contributed by atoms with Gasteiger partial charge in [0.15, 0.2) is 0 Å². The normalized spacial score (nSPS) is 14.0. The molecule has 4 nitrogen and oxygen atoms in total. The van der Waals surface area contributed by atoms with Crippen molar-refractivity contribution in [2.75, 3.05) is 0 Å². The SMILES string of the molecule is CC(C)N[Si](NC(C)C)(NC(C)C)OC(C)(C)C. The third kappa shape index (κ3) is 8.21. The van der Waals surface area contributed by atoms with Gasteiger partial charge in [0.25, 0.3) is 0 Å². The van der Waals surface area contributed by atoms with Crippen molar-refractivity contribution >= 4 is 8.80 Å². The zero-order chi connectivity index (χ0) is 14.6. The summed E-state index contributed by atoms with van der Waals surface area (Å²) in [6.45, 7) is 19.2. The molecule has 0 aliphatic heterocycles. The molecule has 0 aliphatic carbocycles. The van der Waals surface area contributed by atoms with E-state index in [9.17, 15) is 0 Å². The Morgan fingerprint density at radius 1 is 0.722 bits per heavy atom. The lowest BCUT2D eigenvalue weighted by atomic mass is 10.2. The van der Waals surface area contributed by atoms with Gasteiger partial charge in [0.2, 0.25) is 0 Å². The lowest BCUT2D eigenvalue weighted by Crippen LogP contribution is -2.79. The highest BCUT2D eigenvalue weighted by molar-refractivity contribution is 6.66. The summed E-state index contributed by atoms with van der Waals surface area (Å²) in [5.41, 5.74) is -0.183. The number of hydrogen-bond donors (Lipinski definition) is 3. The van der Waals surface area contributed by atoms with Gasteiger partial charge >= 0.3 is 8.80 Å². The smallest absolute Gasteiger partial charge is 0.375 e. The molecule has 3 N–H and O–H groups in total. The minimum Gasteiger partial charge on any atom is -0.375 e. The summed E-state index contributed by atoms with van der Waals surface area (Å²) in [6, 6.07) is 1.12. The number of rotatable bonds is 7. The van der Waals surface area contributed by atoms with E-state index in [0.29, 0.717) is 18.1 Å². The van der Waals surface area contributed by atoms with E-state index in [1.165, 1.54) is 0 Å². The summed E-state index contributed by atoms with van der Waals surface area (Å²) in [6.07, 6.45) is 0. The fourth-order valence-corrected chi connectivity index (χ4v) is 5.68. The summed E-state index contributed by atoms with van der Waals surface area (Å²) in [7, 11) is -2.37. The van der Waals surface area contributed by atoms with Crippen molar-refractivity contribution < 1.29 is 4.43 Å². The van der Waals surface area contributed by atoms with Gasteiger partial charge in [-0.2, -0.15) is 0 Å². The molecule has 0 aliphatic rings. The molecule has 0 atom stereocenters. The molecule has 0 fully saturated rings. The predicted octanol–water partition coefficient (Wildman–Crippen LogP) is 2.23. The van der Waals surface area contributed by atoms with Crippen LogP contribution in [0.15, 0.2) is 0 Å². The Morgan fingerprint density at radius 3 is 1.17 bits per heavy atom. The van der Waals surface area contributed by atoms with Crippen molar-refractivity contribution in [1.29, 1.82) is 0 Å². The van der Waals surface area contributed by atoms with Crippen molar-refractivity contribution in [3.8, 4) is 0 Å². The van der Waals surface area contributed by atoms with Crippen LogP contribution < -0.4 is 14.9 Å². The van der Waals surface area contributed by atoms with Gasteiger partial charge in [-0.15, -0.1) is 0 Å². The second kappa shape index (κ2) is 7.00. The van der Waals surface area contributed by atoms with E-state index in [1.54, 1.807) is 0 Å². The predicted molar refractivity (Wildman–Crippen MR) is 81.4 cm³/mol. The minimum absolute atomic E-state index is 0.183. The van der Waals surface area contributed by atoms with Crippen LogP contribution in [0.5, 0.6) is 0 Å². The number of hydrogen-bond acceptors (Lipinski definition) is 4. The molecule has 0 spiro atoms. The van der Waals surface area contributed by atoms with Crippen molar-refractivity contribution in [1.82, 2.24) is 14.9 Å². The molecule has 0 amide bonds. The first-order chi connectivity index (χ1) is 7.96. The van der Waals surface area contributed by atoms with Crippen LogP contribution >= 0.6 is 0 Å². The summed E-state index contributed by atoms with van der Waals surface area (Å²) in [5, 5.41) is 0. The van der Waals surface area contributed by atoms with Gasteiger partial charge in [-0.3, -0.25) is 14.9 Å². The van der Waals surface area contributed by atoms with Crippen molar-refractivity contribution in [2.24, 2.45) is 0 Å². The largest absolute Gasteiger partial charge is 0.441 e. The maximum absolute atomic E-state index is 6.36. The quantitative estimate of drug-likeness (QED) is 0.624. The fourth-order valence-electron chi connectivity index (χ4n) is 1.89. The molecule has 18 heavy (non-hydrogen) atoms. The molecule has 0 bridgehead atoms. The van der Waals surface area contributed by atoms with E-state index in [4.69, 9.17) is 4.43 Å². The Bertz CT molecular complexity index is 210. The van der Waals surface area contributed by atoms with Gasteiger partial charge in [0.1, 0.15) is 0 Å². The number of nitrogens with one attached hydrogen (secondary N) is 3. The second-order valence-electron chi connectivity index (χ2n) is 6.79. The lowest BCUT2D eigenvalue weighted by molar-refractivity contribution is 0.0967.